The molecule has 100 valence electrons. The highest BCUT2D eigenvalue weighted by Gasteiger charge is 2.27. The molecule has 1 fully saturated rings. The van der Waals surface area contributed by atoms with Crippen molar-refractivity contribution in [2.75, 3.05) is 6.61 Å². The molecule has 2 N–H and O–H groups in total. The molecule has 0 aromatic rings. The van der Waals surface area contributed by atoms with E-state index in [1.165, 1.54) is 32.1 Å². The second kappa shape index (κ2) is 6.39. The molecule has 1 atom stereocenters. The highest BCUT2D eigenvalue weighted by atomic mass is 16.5. The summed E-state index contributed by atoms with van der Waals surface area (Å²) in [5.41, 5.74) is 6.03. The van der Waals surface area contributed by atoms with E-state index in [1.54, 1.807) is 0 Å². The Morgan fingerprint density at radius 1 is 1.29 bits per heavy atom. The topological polar surface area (TPSA) is 47.6 Å². The maximum Gasteiger partial charge on any atom is 0.124 e. The number of nitrogens with zero attached hydrogens (tertiary/aromatic N) is 1. The summed E-state index contributed by atoms with van der Waals surface area (Å²) in [6, 6.07) is 0. The van der Waals surface area contributed by atoms with Crippen LogP contribution in [0.25, 0.3) is 0 Å². The number of rotatable bonds is 4. The smallest absolute Gasteiger partial charge is 0.124 e. The van der Waals surface area contributed by atoms with Crippen LogP contribution in [0.5, 0.6) is 0 Å². The van der Waals surface area contributed by atoms with Crippen LogP contribution in [-0.2, 0) is 4.74 Å². The van der Waals surface area contributed by atoms with Crippen molar-refractivity contribution < 1.29 is 4.74 Å². The number of ether oxygens (including phenoxy) is 1. The SMILES string of the molecule is CCOC(C(N)=NC(C)(C)C)C1CCCCC1. The molecule has 1 saturated carbocycles. The number of nitrogens with two attached hydrogens (primary N) is 1. The average molecular weight is 240 g/mol. The summed E-state index contributed by atoms with van der Waals surface area (Å²) in [7, 11) is 0. The van der Waals surface area contributed by atoms with Crippen molar-refractivity contribution in [3.63, 3.8) is 0 Å². The predicted octanol–water partition coefficient (Wildman–Crippen LogP) is 3.13. The first kappa shape index (κ1) is 14.5. The standard InChI is InChI=1S/C14H28N2O/c1-5-17-12(11-9-7-6-8-10-11)13(15)16-14(2,3)4/h11-12H,5-10H2,1-4H3,(H2,15,16). The van der Waals surface area contributed by atoms with Crippen LogP contribution in [0.1, 0.15) is 59.8 Å². The lowest BCUT2D eigenvalue weighted by molar-refractivity contribution is 0.0516. The lowest BCUT2D eigenvalue weighted by Gasteiger charge is -2.30. The van der Waals surface area contributed by atoms with E-state index in [2.05, 4.69) is 25.8 Å². The third kappa shape index (κ3) is 5.07. The van der Waals surface area contributed by atoms with Gasteiger partial charge < -0.3 is 10.5 Å². The van der Waals surface area contributed by atoms with E-state index in [0.717, 1.165) is 0 Å². The summed E-state index contributed by atoms with van der Waals surface area (Å²) in [5, 5.41) is 0. The van der Waals surface area contributed by atoms with Crippen molar-refractivity contribution in [3.8, 4) is 0 Å². The van der Waals surface area contributed by atoms with Gasteiger partial charge in [-0.1, -0.05) is 19.3 Å². The van der Waals surface area contributed by atoms with Crippen LogP contribution in [0.4, 0.5) is 0 Å². The third-order valence-electron chi connectivity index (χ3n) is 3.18. The molecule has 0 amide bonds. The molecule has 1 rings (SSSR count). The van der Waals surface area contributed by atoms with E-state index in [0.29, 0.717) is 18.4 Å². The zero-order chi connectivity index (χ0) is 12.9. The summed E-state index contributed by atoms with van der Waals surface area (Å²) in [6.45, 7) is 8.96. The molecule has 0 aliphatic heterocycles. The van der Waals surface area contributed by atoms with E-state index in [4.69, 9.17) is 10.5 Å². The van der Waals surface area contributed by atoms with Crippen molar-refractivity contribution in [2.45, 2.75) is 71.4 Å². The quantitative estimate of drug-likeness (QED) is 0.606. The Hall–Kier alpha value is -0.570. The first-order chi connectivity index (χ1) is 7.94. The van der Waals surface area contributed by atoms with Gasteiger partial charge in [0.05, 0.1) is 5.54 Å². The van der Waals surface area contributed by atoms with Crippen LogP contribution >= 0.6 is 0 Å². The van der Waals surface area contributed by atoms with Crippen molar-refractivity contribution in [3.05, 3.63) is 0 Å². The Bertz CT molecular complexity index is 249. The molecule has 1 aliphatic carbocycles. The third-order valence-corrected chi connectivity index (χ3v) is 3.18. The minimum Gasteiger partial charge on any atom is -0.385 e. The van der Waals surface area contributed by atoms with Crippen LogP contribution in [0, 0.1) is 5.92 Å². The monoisotopic (exact) mass is 240 g/mol. The molecule has 1 aliphatic rings. The second-order valence-electron chi connectivity index (χ2n) is 5.98. The Morgan fingerprint density at radius 2 is 1.88 bits per heavy atom. The molecule has 0 heterocycles. The van der Waals surface area contributed by atoms with Crippen molar-refractivity contribution in [2.24, 2.45) is 16.6 Å². The van der Waals surface area contributed by atoms with Gasteiger partial charge in [-0.25, -0.2) is 0 Å². The highest BCUT2D eigenvalue weighted by molar-refractivity contribution is 5.85. The first-order valence-corrected chi connectivity index (χ1v) is 6.91. The molecular weight excluding hydrogens is 212 g/mol. The van der Waals surface area contributed by atoms with Crippen molar-refractivity contribution in [1.29, 1.82) is 0 Å². The number of aliphatic imine (C=N–C) groups is 1. The molecule has 3 nitrogen and oxygen atoms in total. The van der Waals surface area contributed by atoms with E-state index in [9.17, 15) is 0 Å². The van der Waals surface area contributed by atoms with Crippen LogP contribution in [-0.4, -0.2) is 24.1 Å². The number of amidine groups is 1. The van der Waals surface area contributed by atoms with Crippen LogP contribution in [0.3, 0.4) is 0 Å². The van der Waals surface area contributed by atoms with Crippen molar-refractivity contribution >= 4 is 5.84 Å². The van der Waals surface area contributed by atoms with Crippen molar-refractivity contribution in [1.82, 2.24) is 0 Å². The van der Waals surface area contributed by atoms with Gasteiger partial charge in [-0.3, -0.25) is 4.99 Å². The molecule has 0 aromatic heterocycles. The molecule has 17 heavy (non-hydrogen) atoms. The maximum atomic E-state index is 6.15. The number of hydrogen-bond donors (Lipinski definition) is 1. The van der Waals surface area contributed by atoms with Gasteiger partial charge in [0.25, 0.3) is 0 Å². The predicted molar refractivity (Wildman–Crippen MR) is 73.4 cm³/mol. The highest BCUT2D eigenvalue weighted by Crippen LogP contribution is 2.28. The van der Waals surface area contributed by atoms with Crippen LogP contribution in [0.15, 0.2) is 4.99 Å². The summed E-state index contributed by atoms with van der Waals surface area (Å²) in [4.78, 5) is 4.57. The molecule has 0 spiro atoms. The van der Waals surface area contributed by atoms with E-state index in [1.807, 2.05) is 6.92 Å². The van der Waals surface area contributed by atoms with Crippen LogP contribution in [0.2, 0.25) is 0 Å². The molecule has 0 radical (unpaired) electrons. The Morgan fingerprint density at radius 3 is 2.35 bits per heavy atom. The summed E-state index contributed by atoms with van der Waals surface area (Å²) >= 11 is 0. The van der Waals surface area contributed by atoms with Gasteiger partial charge in [0, 0.05) is 6.61 Å². The van der Waals surface area contributed by atoms with E-state index in [-0.39, 0.29) is 11.6 Å². The molecule has 0 bridgehead atoms. The molecule has 3 heteroatoms. The fourth-order valence-corrected chi connectivity index (χ4v) is 2.53. The van der Waals surface area contributed by atoms with Gasteiger partial charge in [-0.15, -0.1) is 0 Å². The summed E-state index contributed by atoms with van der Waals surface area (Å²) < 4.78 is 5.83. The fraction of sp³-hybridized carbons (Fsp3) is 0.929. The van der Waals surface area contributed by atoms with Gasteiger partial charge in [0.15, 0.2) is 0 Å². The normalized spacial score (nSPS) is 21.5. The molecule has 0 aromatic carbocycles. The molecular formula is C14H28N2O. The van der Waals surface area contributed by atoms with Gasteiger partial charge in [0.2, 0.25) is 0 Å². The van der Waals surface area contributed by atoms with Gasteiger partial charge in [-0.2, -0.15) is 0 Å². The fourth-order valence-electron chi connectivity index (χ4n) is 2.53. The summed E-state index contributed by atoms with van der Waals surface area (Å²) in [6.07, 6.45) is 6.44. The maximum absolute atomic E-state index is 6.15. The molecule has 0 saturated heterocycles. The average Bonchev–Trinajstić information content (AvgIpc) is 2.24. The Balaban J connectivity index is 2.73. The zero-order valence-electron chi connectivity index (χ0n) is 11.8. The Labute approximate surface area is 106 Å². The minimum absolute atomic E-state index is 0.0273. The van der Waals surface area contributed by atoms with Gasteiger partial charge >= 0.3 is 0 Å². The van der Waals surface area contributed by atoms with E-state index < -0.39 is 0 Å². The zero-order valence-corrected chi connectivity index (χ0v) is 11.8. The largest absolute Gasteiger partial charge is 0.385 e. The lowest BCUT2D eigenvalue weighted by atomic mass is 9.84. The molecule has 1 unspecified atom stereocenters. The van der Waals surface area contributed by atoms with Gasteiger partial charge in [0.1, 0.15) is 11.9 Å². The minimum atomic E-state index is -0.117. The van der Waals surface area contributed by atoms with Gasteiger partial charge in [-0.05, 0) is 46.5 Å². The first-order valence-electron chi connectivity index (χ1n) is 6.91. The second-order valence-corrected chi connectivity index (χ2v) is 5.98. The number of hydrogen-bond acceptors (Lipinski definition) is 2. The van der Waals surface area contributed by atoms with Crippen LogP contribution < -0.4 is 5.73 Å². The Kier molecular flexibility index (Phi) is 5.44. The summed E-state index contributed by atoms with van der Waals surface area (Å²) in [5.74, 6) is 1.25. The van der Waals surface area contributed by atoms with E-state index >= 15 is 0 Å². The lowest BCUT2D eigenvalue weighted by Crippen LogP contribution is -2.40.